The van der Waals surface area contributed by atoms with Gasteiger partial charge in [-0.15, -0.1) is 0 Å². The molecule has 2 N–H and O–H groups in total. The van der Waals surface area contributed by atoms with Crippen LogP contribution in [0.4, 0.5) is 11.4 Å². The Hall–Kier alpha value is -2.56. The molecule has 0 bridgehead atoms. The molecule has 1 atom stereocenters. The van der Waals surface area contributed by atoms with Crippen LogP contribution in [-0.2, 0) is 6.42 Å². The molecule has 2 aliphatic rings. The summed E-state index contributed by atoms with van der Waals surface area (Å²) >= 11 is -0.807. The summed E-state index contributed by atoms with van der Waals surface area (Å²) in [4.78, 5) is 5.72. The standard InChI is InChI=1S/C32H39IN4/c1-23-29-16-19-35-31(29)13-12-30(23)36-32-26(8-5-9-27(32)22-34)11-10-24-6-4-7-25(20-24)21-33-17-14-28(15-18-33)37(2)3/h4-9,12-13,16,19,25,28,35-36H,10-11,14-15,17-18,20-21H2,1-3H3. The van der Waals surface area contributed by atoms with Gasteiger partial charge in [0.15, 0.2) is 0 Å². The second-order valence-corrected chi connectivity index (χ2v) is 17.0. The molecule has 0 amide bonds. The van der Waals surface area contributed by atoms with Gasteiger partial charge in [0, 0.05) is 11.7 Å². The Morgan fingerprint density at radius 1 is 1.11 bits per heavy atom. The molecule has 1 saturated heterocycles. The van der Waals surface area contributed by atoms with Crippen LogP contribution in [-0.4, -0.2) is 43.3 Å². The number of hydrogen-bond acceptors (Lipinski definition) is 3. The second kappa shape index (κ2) is 11.9. The predicted octanol–water partition coefficient (Wildman–Crippen LogP) is 7.76. The quantitative estimate of drug-likeness (QED) is 0.204. The topological polar surface area (TPSA) is 54.9 Å². The molecule has 1 aliphatic carbocycles. The summed E-state index contributed by atoms with van der Waals surface area (Å²) in [6, 6.07) is 15.7. The Kier molecular flexibility index (Phi) is 8.36. The number of aryl methyl sites for hydroxylation is 2. The van der Waals surface area contributed by atoms with Crippen molar-refractivity contribution >= 4 is 42.1 Å². The summed E-state index contributed by atoms with van der Waals surface area (Å²) in [7, 11) is 4.48. The van der Waals surface area contributed by atoms with E-state index in [2.05, 4.69) is 84.8 Å². The summed E-state index contributed by atoms with van der Waals surface area (Å²) in [5.41, 5.74) is 7.84. The number of hydrogen-bond donors (Lipinski definition) is 2. The number of aromatic amines is 1. The minimum absolute atomic E-state index is 0.710. The third-order valence-corrected chi connectivity index (χ3v) is 14.7. The number of para-hydroxylation sites is 1. The predicted molar refractivity (Wildman–Crippen MR) is 166 cm³/mol. The van der Waals surface area contributed by atoms with Crippen LogP contribution in [0.5, 0.6) is 0 Å². The van der Waals surface area contributed by atoms with Crippen LogP contribution < -0.4 is 5.32 Å². The molecule has 1 aliphatic heterocycles. The SMILES string of the molecule is Cc1c(Nc2c(C#N)cccc2CCC2=CC=CC(CI3CCC(N(C)C)CC3)C2)ccc2[nH]ccc12. The average molecular weight is 607 g/mol. The van der Waals surface area contributed by atoms with E-state index < -0.39 is 19.8 Å². The van der Waals surface area contributed by atoms with E-state index in [0.717, 1.165) is 41.7 Å². The number of allylic oxidation sites excluding steroid dienone is 4. The van der Waals surface area contributed by atoms with Crippen molar-refractivity contribution in [2.75, 3.05) is 32.7 Å². The first-order chi connectivity index (χ1) is 18.0. The zero-order valence-corrected chi connectivity index (χ0v) is 24.5. The van der Waals surface area contributed by atoms with Gasteiger partial charge in [-0.05, 0) is 6.07 Å². The molecule has 5 heteroatoms. The van der Waals surface area contributed by atoms with Crippen molar-refractivity contribution in [1.29, 1.82) is 5.26 Å². The van der Waals surface area contributed by atoms with E-state index in [-0.39, 0.29) is 0 Å². The average Bonchev–Trinajstić information content (AvgIpc) is 3.40. The number of anilines is 2. The van der Waals surface area contributed by atoms with Gasteiger partial charge >= 0.3 is 207 Å². The van der Waals surface area contributed by atoms with Crippen LogP contribution in [0.15, 0.2) is 66.4 Å². The molecule has 1 unspecified atom stereocenters. The summed E-state index contributed by atoms with van der Waals surface area (Å²) in [5.74, 6) is 0.736. The second-order valence-electron chi connectivity index (χ2n) is 10.7. The Morgan fingerprint density at radius 3 is 2.73 bits per heavy atom. The fraction of sp³-hybridized carbons (Fsp3) is 0.406. The van der Waals surface area contributed by atoms with Crippen molar-refractivity contribution in [3.63, 3.8) is 0 Å². The van der Waals surface area contributed by atoms with Crippen molar-refractivity contribution in [2.45, 2.75) is 45.1 Å². The van der Waals surface area contributed by atoms with E-state index in [1.807, 2.05) is 18.3 Å². The van der Waals surface area contributed by atoms with Gasteiger partial charge in [-0.1, -0.05) is 0 Å². The zero-order chi connectivity index (χ0) is 25.8. The molecular weight excluding hydrogens is 567 g/mol. The van der Waals surface area contributed by atoms with Crippen molar-refractivity contribution in [2.24, 2.45) is 5.92 Å². The van der Waals surface area contributed by atoms with Crippen molar-refractivity contribution < 1.29 is 0 Å². The van der Waals surface area contributed by atoms with Crippen molar-refractivity contribution in [1.82, 2.24) is 9.88 Å². The van der Waals surface area contributed by atoms with Crippen LogP contribution in [0.1, 0.15) is 42.4 Å². The number of aromatic nitrogens is 1. The summed E-state index contributed by atoms with van der Waals surface area (Å²) in [6.45, 7) is 2.14. The molecule has 2 heterocycles. The molecule has 0 spiro atoms. The van der Waals surface area contributed by atoms with Gasteiger partial charge in [-0.3, -0.25) is 0 Å². The maximum absolute atomic E-state index is 9.87. The summed E-state index contributed by atoms with van der Waals surface area (Å²) in [5, 5.41) is 14.7. The molecule has 37 heavy (non-hydrogen) atoms. The Morgan fingerprint density at radius 2 is 1.95 bits per heavy atom. The third-order valence-electron chi connectivity index (χ3n) is 8.06. The summed E-state index contributed by atoms with van der Waals surface area (Å²) in [6.07, 6.45) is 15.2. The van der Waals surface area contributed by atoms with Gasteiger partial charge in [0.2, 0.25) is 0 Å². The number of fused-ring (bicyclic) bond motifs is 1. The molecular formula is C32H39IN4. The van der Waals surface area contributed by atoms with Crippen LogP contribution in [0.3, 0.4) is 0 Å². The fourth-order valence-corrected chi connectivity index (χ4v) is 12.6. The molecule has 5 rings (SSSR count). The third kappa shape index (κ3) is 6.13. The van der Waals surface area contributed by atoms with Gasteiger partial charge in [-0.2, -0.15) is 0 Å². The van der Waals surface area contributed by atoms with Gasteiger partial charge < -0.3 is 4.98 Å². The molecule has 1 fully saturated rings. The van der Waals surface area contributed by atoms with E-state index in [9.17, 15) is 5.26 Å². The molecule has 4 nitrogen and oxygen atoms in total. The van der Waals surface area contributed by atoms with E-state index >= 15 is 0 Å². The maximum atomic E-state index is 9.87. The fourth-order valence-electron chi connectivity index (χ4n) is 5.76. The van der Waals surface area contributed by atoms with Crippen LogP contribution in [0.25, 0.3) is 10.9 Å². The number of nitrogens with one attached hydrogen (secondary N) is 2. The number of alkyl halides is 3. The number of nitrogens with zero attached hydrogens (tertiary/aromatic N) is 2. The molecule has 1 aromatic heterocycles. The van der Waals surface area contributed by atoms with Crippen LogP contribution >= 0.6 is 19.8 Å². The number of nitriles is 1. The Labute approximate surface area is 229 Å². The van der Waals surface area contributed by atoms with E-state index in [1.54, 1.807) is 5.57 Å². The van der Waals surface area contributed by atoms with Crippen molar-refractivity contribution in [3.8, 4) is 6.07 Å². The summed E-state index contributed by atoms with van der Waals surface area (Å²) < 4.78 is 4.54. The van der Waals surface area contributed by atoms with Gasteiger partial charge in [0.25, 0.3) is 0 Å². The molecule has 2 aromatic carbocycles. The first kappa shape index (κ1) is 26.1. The smallest absolute Gasteiger partial charge is 0.361 e. The van der Waals surface area contributed by atoms with Gasteiger partial charge in [-0.25, -0.2) is 0 Å². The van der Waals surface area contributed by atoms with Gasteiger partial charge in [0.1, 0.15) is 0 Å². The molecule has 0 saturated carbocycles. The molecule has 194 valence electrons. The minimum Gasteiger partial charge on any atom is -0.361 e. The first-order valence-electron chi connectivity index (χ1n) is 13.5. The van der Waals surface area contributed by atoms with Gasteiger partial charge in [0.05, 0.1) is 0 Å². The molecule has 3 aromatic rings. The number of rotatable bonds is 8. The van der Waals surface area contributed by atoms with E-state index in [0.29, 0.717) is 5.56 Å². The Bertz CT molecular complexity index is 1330. The zero-order valence-electron chi connectivity index (χ0n) is 22.4. The van der Waals surface area contributed by atoms with E-state index in [1.165, 1.54) is 49.1 Å². The van der Waals surface area contributed by atoms with Crippen LogP contribution in [0.2, 0.25) is 0 Å². The normalized spacial score (nSPS) is 19.3. The van der Waals surface area contributed by atoms with Crippen molar-refractivity contribution in [3.05, 3.63) is 83.1 Å². The Balaban J connectivity index is 1.23. The monoisotopic (exact) mass is 606 g/mol. The number of halogens is 1. The molecule has 0 radical (unpaired) electrons. The van der Waals surface area contributed by atoms with Crippen LogP contribution in [0, 0.1) is 24.2 Å². The number of H-pyrrole nitrogens is 1. The minimum atomic E-state index is -0.807. The number of benzene rings is 2. The van der Waals surface area contributed by atoms with E-state index in [4.69, 9.17) is 0 Å². The first-order valence-corrected chi connectivity index (χ1v) is 18.1.